The second-order valence-corrected chi connectivity index (χ2v) is 7.77. The van der Waals surface area contributed by atoms with Gasteiger partial charge in [0.1, 0.15) is 5.01 Å². The van der Waals surface area contributed by atoms with Gasteiger partial charge in [0.2, 0.25) is 5.89 Å². The van der Waals surface area contributed by atoms with Gasteiger partial charge in [0, 0.05) is 50.1 Å². The van der Waals surface area contributed by atoms with Gasteiger partial charge in [-0.25, -0.2) is 4.98 Å². The van der Waals surface area contributed by atoms with Crippen LogP contribution in [0.1, 0.15) is 30.8 Å². The molecule has 142 valence electrons. The molecule has 0 N–H and O–H groups in total. The van der Waals surface area contributed by atoms with E-state index < -0.39 is 0 Å². The molecule has 3 aromatic rings. The van der Waals surface area contributed by atoms with Gasteiger partial charge < -0.3 is 4.52 Å². The minimum atomic E-state index is 0.735. The summed E-state index contributed by atoms with van der Waals surface area (Å²) >= 11 is 1.72. The number of piperazine rings is 1. The van der Waals surface area contributed by atoms with Crippen LogP contribution in [0.2, 0.25) is 0 Å². The highest BCUT2D eigenvalue weighted by Gasteiger charge is 2.20. The number of aryl methyl sites for hydroxylation is 1. The van der Waals surface area contributed by atoms with E-state index in [4.69, 9.17) is 9.51 Å². The van der Waals surface area contributed by atoms with Crippen LogP contribution in [0.4, 0.5) is 0 Å². The molecular formula is C20H25N5OS. The highest BCUT2D eigenvalue weighted by Crippen LogP contribution is 2.24. The van der Waals surface area contributed by atoms with Gasteiger partial charge in [-0.2, -0.15) is 4.98 Å². The van der Waals surface area contributed by atoms with E-state index in [1.807, 2.05) is 6.07 Å². The lowest BCUT2D eigenvalue weighted by molar-refractivity contribution is 0.111. The van der Waals surface area contributed by atoms with Crippen molar-refractivity contribution in [1.82, 2.24) is 24.9 Å². The van der Waals surface area contributed by atoms with Gasteiger partial charge in [-0.05, 0) is 6.42 Å². The maximum atomic E-state index is 5.36. The monoisotopic (exact) mass is 383 g/mol. The minimum absolute atomic E-state index is 0.735. The third kappa shape index (κ3) is 4.80. The van der Waals surface area contributed by atoms with Gasteiger partial charge in [-0.3, -0.25) is 9.80 Å². The van der Waals surface area contributed by atoms with Crippen molar-refractivity contribution >= 4 is 11.3 Å². The van der Waals surface area contributed by atoms with E-state index >= 15 is 0 Å². The van der Waals surface area contributed by atoms with Gasteiger partial charge in [-0.15, -0.1) is 11.3 Å². The van der Waals surface area contributed by atoms with Crippen molar-refractivity contribution < 1.29 is 4.52 Å². The molecule has 1 aliphatic heterocycles. The standard InChI is InChI=1S/C20H25N5OS/c1-2-6-18-22-19(26-23-18)14-25-11-9-24(10-12-25)13-17-15-27-20(21-17)16-7-4-3-5-8-16/h3-5,7-8,15H,2,6,9-14H2,1H3. The molecule has 3 heterocycles. The minimum Gasteiger partial charge on any atom is -0.338 e. The Balaban J connectivity index is 1.26. The van der Waals surface area contributed by atoms with E-state index in [2.05, 4.69) is 56.5 Å². The molecule has 0 aliphatic carbocycles. The van der Waals surface area contributed by atoms with Crippen LogP contribution in [0.15, 0.2) is 40.2 Å². The average molecular weight is 384 g/mol. The van der Waals surface area contributed by atoms with Crippen LogP contribution in [0.5, 0.6) is 0 Å². The van der Waals surface area contributed by atoms with E-state index in [1.54, 1.807) is 11.3 Å². The molecule has 0 atom stereocenters. The zero-order valence-corrected chi connectivity index (χ0v) is 16.5. The van der Waals surface area contributed by atoms with E-state index in [0.717, 1.165) is 74.5 Å². The molecule has 0 unspecified atom stereocenters. The molecule has 0 bridgehead atoms. The van der Waals surface area contributed by atoms with Crippen LogP contribution < -0.4 is 0 Å². The molecule has 0 radical (unpaired) electrons. The smallest absolute Gasteiger partial charge is 0.240 e. The average Bonchev–Trinajstić information content (AvgIpc) is 3.34. The highest BCUT2D eigenvalue weighted by molar-refractivity contribution is 7.13. The van der Waals surface area contributed by atoms with Crippen molar-refractivity contribution in [2.24, 2.45) is 0 Å². The van der Waals surface area contributed by atoms with E-state index in [-0.39, 0.29) is 0 Å². The third-order valence-electron chi connectivity index (χ3n) is 4.77. The van der Waals surface area contributed by atoms with Crippen molar-refractivity contribution in [3.8, 4) is 10.6 Å². The first-order valence-electron chi connectivity index (χ1n) is 9.56. The van der Waals surface area contributed by atoms with Crippen molar-refractivity contribution in [3.63, 3.8) is 0 Å². The van der Waals surface area contributed by atoms with Crippen molar-refractivity contribution in [3.05, 3.63) is 53.1 Å². The predicted octanol–water partition coefficient (Wildman–Crippen LogP) is 3.46. The second kappa shape index (κ2) is 8.73. The summed E-state index contributed by atoms with van der Waals surface area (Å²) in [5.74, 6) is 1.56. The fourth-order valence-electron chi connectivity index (χ4n) is 3.30. The number of aromatic nitrogens is 3. The quantitative estimate of drug-likeness (QED) is 0.623. The Morgan fingerprint density at radius 2 is 1.74 bits per heavy atom. The SMILES string of the molecule is CCCc1noc(CN2CCN(Cc3csc(-c4ccccc4)n3)CC2)n1. The number of nitrogens with zero attached hydrogens (tertiary/aromatic N) is 5. The summed E-state index contributed by atoms with van der Waals surface area (Å²) in [5.41, 5.74) is 2.36. The highest BCUT2D eigenvalue weighted by atomic mass is 32.1. The third-order valence-corrected chi connectivity index (χ3v) is 5.71. The summed E-state index contributed by atoms with van der Waals surface area (Å²) in [6.45, 7) is 7.89. The van der Waals surface area contributed by atoms with Crippen LogP contribution in [0.3, 0.4) is 0 Å². The Labute approximate surface area is 163 Å². The number of rotatable bonds is 7. The molecule has 6 nitrogen and oxygen atoms in total. The molecule has 1 fully saturated rings. The fourth-order valence-corrected chi connectivity index (χ4v) is 4.12. The Morgan fingerprint density at radius 1 is 1.00 bits per heavy atom. The van der Waals surface area contributed by atoms with Gasteiger partial charge in [-0.1, -0.05) is 42.4 Å². The Hall–Kier alpha value is -2.09. The predicted molar refractivity (Wildman–Crippen MR) is 106 cm³/mol. The van der Waals surface area contributed by atoms with Crippen LogP contribution in [0.25, 0.3) is 10.6 Å². The summed E-state index contributed by atoms with van der Waals surface area (Å²) in [4.78, 5) is 14.1. The summed E-state index contributed by atoms with van der Waals surface area (Å²) < 4.78 is 5.36. The van der Waals surface area contributed by atoms with Crippen molar-refractivity contribution in [1.29, 1.82) is 0 Å². The summed E-state index contributed by atoms with van der Waals surface area (Å²) in [7, 11) is 0. The number of thiazole rings is 1. The number of hydrogen-bond acceptors (Lipinski definition) is 7. The first kappa shape index (κ1) is 18.3. The molecule has 27 heavy (non-hydrogen) atoms. The number of benzene rings is 1. The van der Waals surface area contributed by atoms with Crippen LogP contribution in [0, 0.1) is 0 Å². The maximum absolute atomic E-state index is 5.36. The molecule has 2 aromatic heterocycles. The van der Waals surface area contributed by atoms with Crippen LogP contribution in [-0.2, 0) is 19.5 Å². The maximum Gasteiger partial charge on any atom is 0.240 e. The lowest BCUT2D eigenvalue weighted by Gasteiger charge is -2.33. The molecule has 7 heteroatoms. The first-order chi connectivity index (χ1) is 13.3. The van der Waals surface area contributed by atoms with E-state index in [9.17, 15) is 0 Å². The Kier molecular flexibility index (Phi) is 5.91. The Morgan fingerprint density at radius 3 is 2.48 bits per heavy atom. The zero-order chi connectivity index (χ0) is 18.5. The van der Waals surface area contributed by atoms with Gasteiger partial charge in [0.25, 0.3) is 0 Å². The molecule has 1 saturated heterocycles. The summed E-state index contributed by atoms with van der Waals surface area (Å²) in [6, 6.07) is 10.4. The van der Waals surface area contributed by atoms with Crippen LogP contribution in [-0.4, -0.2) is 51.1 Å². The topological polar surface area (TPSA) is 58.3 Å². The summed E-state index contributed by atoms with van der Waals surface area (Å²) in [5, 5.41) is 7.32. The molecule has 0 spiro atoms. The molecule has 0 amide bonds. The molecule has 1 aromatic carbocycles. The molecule has 4 rings (SSSR count). The van der Waals surface area contributed by atoms with Gasteiger partial charge >= 0.3 is 0 Å². The van der Waals surface area contributed by atoms with E-state index in [0.29, 0.717) is 0 Å². The fraction of sp³-hybridized carbons (Fsp3) is 0.450. The lowest BCUT2D eigenvalue weighted by Crippen LogP contribution is -2.45. The molecular weight excluding hydrogens is 358 g/mol. The summed E-state index contributed by atoms with van der Waals surface area (Å²) in [6.07, 6.45) is 1.93. The van der Waals surface area contributed by atoms with Crippen molar-refractivity contribution in [2.75, 3.05) is 26.2 Å². The van der Waals surface area contributed by atoms with Gasteiger partial charge in [0.05, 0.1) is 12.2 Å². The largest absolute Gasteiger partial charge is 0.338 e. The molecule has 0 saturated carbocycles. The Bertz CT molecular complexity index is 839. The van der Waals surface area contributed by atoms with Gasteiger partial charge in [0.15, 0.2) is 5.82 Å². The van der Waals surface area contributed by atoms with Crippen LogP contribution >= 0.6 is 11.3 Å². The molecule has 1 aliphatic rings. The van der Waals surface area contributed by atoms with E-state index in [1.165, 1.54) is 5.56 Å². The number of hydrogen-bond donors (Lipinski definition) is 0. The first-order valence-corrected chi connectivity index (χ1v) is 10.4. The van der Waals surface area contributed by atoms with Crippen molar-refractivity contribution in [2.45, 2.75) is 32.9 Å². The lowest BCUT2D eigenvalue weighted by atomic mass is 10.2. The second-order valence-electron chi connectivity index (χ2n) is 6.92. The normalized spacial score (nSPS) is 16.0. The zero-order valence-electron chi connectivity index (χ0n) is 15.7.